The van der Waals surface area contributed by atoms with Crippen molar-refractivity contribution in [2.24, 2.45) is 5.92 Å². The highest BCUT2D eigenvalue weighted by Gasteiger charge is 2.33. The van der Waals surface area contributed by atoms with Crippen molar-refractivity contribution in [1.29, 1.82) is 0 Å². The number of thioether (sulfide) groups is 1. The Labute approximate surface area is 144 Å². The van der Waals surface area contributed by atoms with Crippen LogP contribution in [0.2, 0.25) is 0 Å². The lowest BCUT2D eigenvalue weighted by molar-refractivity contribution is -0.116. The number of hydrogen-bond acceptors (Lipinski definition) is 3. The molecule has 1 aromatic carbocycles. The van der Waals surface area contributed by atoms with Gasteiger partial charge >= 0.3 is 0 Å². The third-order valence-corrected chi connectivity index (χ3v) is 5.89. The van der Waals surface area contributed by atoms with E-state index in [0.29, 0.717) is 17.7 Å². The van der Waals surface area contributed by atoms with Crippen LogP contribution in [-0.2, 0) is 11.3 Å². The number of rotatable bonds is 5. The van der Waals surface area contributed by atoms with E-state index in [1.54, 1.807) is 11.8 Å². The highest BCUT2D eigenvalue weighted by Crippen LogP contribution is 2.31. The summed E-state index contributed by atoms with van der Waals surface area (Å²) < 4.78 is 0. The smallest absolute Gasteiger partial charge is 0.237 e. The molecule has 0 aromatic heterocycles. The molecule has 0 spiro atoms. The number of para-hydroxylation sites is 1. The van der Waals surface area contributed by atoms with Crippen LogP contribution in [0, 0.1) is 5.92 Å². The summed E-state index contributed by atoms with van der Waals surface area (Å²) >= 11 is 1.79. The van der Waals surface area contributed by atoms with Crippen LogP contribution >= 0.6 is 11.8 Å². The summed E-state index contributed by atoms with van der Waals surface area (Å²) in [6, 6.07) is 8.99. The molecule has 0 saturated carbocycles. The van der Waals surface area contributed by atoms with Gasteiger partial charge in [-0.2, -0.15) is 11.8 Å². The van der Waals surface area contributed by atoms with Crippen molar-refractivity contribution >= 4 is 23.4 Å². The fourth-order valence-electron chi connectivity index (χ4n) is 3.54. The summed E-state index contributed by atoms with van der Waals surface area (Å²) in [5, 5.41) is 0. The van der Waals surface area contributed by atoms with Gasteiger partial charge in [0.25, 0.3) is 0 Å². The summed E-state index contributed by atoms with van der Waals surface area (Å²) in [5.41, 5.74) is 2.44. The molecule has 1 aromatic rings. The number of amides is 1. The Kier molecular flexibility index (Phi) is 5.65. The van der Waals surface area contributed by atoms with Gasteiger partial charge in [0.1, 0.15) is 0 Å². The molecule has 3 rings (SSSR count). The zero-order chi connectivity index (χ0) is 16.2. The van der Waals surface area contributed by atoms with Crippen molar-refractivity contribution in [3.8, 4) is 0 Å². The number of hydrogen-bond donors (Lipinski definition) is 0. The van der Waals surface area contributed by atoms with E-state index in [4.69, 9.17) is 0 Å². The molecule has 0 N–H and O–H groups in total. The minimum absolute atomic E-state index is 0.278. The topological polar surface area (TPSA) is 23.6 Å². The second kappa shape index (κ2) is 7.71. The zero-order valence-corrected chi connectivity index (χ0v) is 15.1. The van der Waals surface area contributed by atoms with E-state index in [0.717, 1.165) is 24.5 Å². The van der Waals surface area contributed by atoms with E-state index in [1.165, 1.54) is 31.4 Å². The molecular weight excluding hydrogens is 304 g/mol. The van der Waals surface area contributed by atoms with Gasteiger partial charge in [0.2, 0.25) is 5.91 Å². The molecule has 1 atom stereocenters. The number of carbonyl (C=O) groups is 1. The Balaban J connectivity index is 1.70. The molecular formula is C19H28N2OS. The molecule has 1 fully saturated rings. The van der Waals surface area contributed by atoms with Gasteiger partial charge in [-0.15, -0.1) is 0 Å². The molecule has 0 unspecified atom stereocenters. The van der Waals surface area contributed by atoms with Crippen molar-refractivity contribution in [3.05, 3.63) is 29.8 Å². The molecule has 2 aliphatic rings. The molecule has 3 nitrogen and oxygen atoms in total. The van der Waals surface area contributed by atoms with Crippen LogP contribution in [-0.4, -0.2) is 41.4 Å². The molecule has 0 radical (unpaired) electrons. The van der Waals surface area contributed by atoms with E-state index in [1.807, 2.05) is 0 Å². The maximum atomic E-state index is 12.8. The van der Waals surface area contributed by atoms with Gasteiger partial charge < -0.3 is 4.90 Å². The molecule has 23 heavy (non-hydrogen) atoms. The highest BCUT2D eigenvalue weighted by molar-refractivity contribution is 7.99. The summed E-state index contributed by atoms with van der Waals surface area (Å²) in [4.78, 5) is 17.5. The molecule has 0 aliphatic carbocycles. The predicted octanol–water partition coefficient (Wildman–Crippen LogP) is 3.78. The van der Waals surface area contributed by atoms with Crippen molar-refractivity contribution < 1.29 is 4.79 Å². The second-order valence-electron chi connectivity index (χ2n) is 7.13. The molecule has 2 aliphatic heterocycles. The Hall–Kier alpha value is -1.00. The first-order valence-electron chi connectivity index (χ1n) is 8.85. The van der Waals surface area contributed by atoms with Crippen LogP contribution in [0.4, 0.5) is 5.69 Å². The standard InChI is InChI=1S/C19H28N2OS/c1-15(2)9-11-23-14-19(22)21-13-17-7-5-10-20(17)12-16-6-3-4-8-18(16)21/h3-4,6,8,15,17H,5,7,9-14H2,1-2H3/t17-/m0/s1. The third kappa shape index (κ3) is 4.10. The Morgan fingerprint density at radius 3 is 3.00 bits per heavy atom. The monoisotopic (exact) mass is 332 g/mol. The largest absolute Gasteiger partial charge is 0.310 e. The van der Waals surface area contributed by atoms with Crippen LogP contribution in [0.25, 0.3) is 0 Å². The van der Waals surface area contributed by atoms with E-state index in [9.17, 15) is 4.79 Å². The number of anilines is 1. The minimum atomic E-state index is 0.278. The van der Waals surface area contributed by atoms with Crippen molar-refractivity contribution in [2.45, 2.75) is 45.7 Å². The fourth-order valence-corrected chi connectivity index (χ4v) is 4.65. The normalized spacial score (nSPS) is 21.2. The first-order valence-corrected chi connectivity index (χ1v) is 10.0. The van der Waals surface area contributed by atoms with Crippen molar-refractivity contribution in [2.75, 3.05) is 29.5 Å². The van der Waals surface area contributed by atoms with Gasteiger partial charge in [-0.3, -0.25) is 9.69 Å². The van der Waals surface area contributed by atoms with Gasteiger partial charge in [-0.1, -0.05) is 32.0 Å². The van der Waals surface area contributed by atoms with Crippen molar-refractivity contribution in [3.63, 3.8) is 0 Å². The third-order valence-electron chi connectivity index (χ3n) is 4.91. The van der Waals surface area contributed by atoms with E-state index >= 15 is 0 Å². The van der Waals surface area contributed by atoms with Crippen LogP contribution in [0.5, 0.6) is 0 Å². The molecule has 1 saturated heterocycles. The lowest BCUT2D eigenvalue weighted by Gasteiger charge is -2.26. The summed E-state index contributed by atoms with van der Waals surface area (Å²) in [5.74, 6) is 2.67. The van der Waals surface area contributed by atoms with Gasteiger partial charge in [-0.25, -0.2) is 0 Å². The van der Waals surface area contributed by atoms with Crippen LogP contribution < -0.4 is 4.90 Å². The Morgan fingerprint density at radius 2 is 2.17 bits per heavy atom. The van der Waals surface area contributed by atoms with Gasteiger partial charge in [0.15, 0.2) is 0 Å². The first kappa shape index (κ1) is 16.8. The average molecular weight is 333 g/mol. The summed E-state index contributed by atoms with van der Waals surface area (Å²) in [6.07, 6.45) is 3.67. The van der Waals surface area contributed by atoms with Crippen molar-refractivity contribution in [1.82, 2.24) is 4.90 Å². The van der Waals surface area contributed by atoms with Gasteiger partial charge in [0, 0.05) is 24.8 Å². The summed E-state index contributed by atoms with van der Waals surface area (Å²) in [6.45, 7) is 7.50. The highest BCUT2D eigenvalue weighted by atomic mass is 32.2. The summed E-state index contributed by atoms with van der Waals surface area (Å²) in [7, 11) is 0. The molecule has 0 bridgehead atoms. The number of carbonyl (C=O) groups excluding carboxylic acids is 1. The van der Waals surface area contributed by atoms with E-state index in [-0.39, 0.29) is 5.91 Å². The zero-order valence-electron chi connectivity index (χ0n) is 14.3. The Bertz CT molecular complexity index is 546. The number of fused-ring (bicyclic) bond motifs is 2. The lowest BCUT2D eigenvalue weighted by atomic mass is 10.1. The lowest BCUT2D eigenvalue weighted by Crippen LogP contribution is -2.41. The van der Waals surface area contributed by atoms with Gasteiger partial charge in [0.05, 0.1) is 5.75 Å². The van der Waals surface area contributed by atoms with Crippen LogP contribution in [0.3, 0.4) is 0 Å². The molecule has 126 valence electrons. The maximum absolute atomic E-state index is 12.8. The van der Waals surface area contributed by atoms with E-state index in [2.05, 4.69) is 47.9 Å². The first-order chi connectivity index (χ1) is 11.1. The average Bonchev–Trinajstić information content (AvgIpc) is 2.90. The van der Waals surface area contributed by atoms with Crippen LogP contribution in [0.1, 0.15) is 38.7 Å². The van der Waals surface area contributed by atoms with E-state index < -0.39 is 0 Å². The van der Waals surface area contributed by atoms with Gasteiger partial charge in [-0.05, 0) is 49.1 Å². The number of nitrogens with zero attached hydrogens (tertiary/aromatic N) is 2. The molecule has 2 heterocycles. The molecule has 4 heteroatoms. The minimum Gasteiger partial charge on any atom is -0.310 e. The quantitative estimate of drug-likeness (QED) is 0.767. The maximum Gasteiger partial charge on any atom is 0.237 e. The molecule has 1 amide bonds. The SMILES string of the molecule is CC(C)CCSCC(=O)N1C[C@@H]2CCCN2Cc2ccccc21. The second-order valence-corrected chi connectivity index (χ2v) is 8.24. The predicted molar refractivity (Wildman–Crippen MR) is 99.0 cm³/mol. The Morgan fingerprint density at radius 1 is 1.35 bits per heavy atom. The number of benzene rings is 1. The fraction of sp³-hybridized carbons (Fsp3) is 0.632. The van der Waals surface area contributed by atoms with Crippen LogP contribution in [0.15, 0.2) is 24.3 Å².